The fourth-order valence-corrected chi connectivity index (χ4v) is 4.19. The molecule has 4 aromatic rings. The van der Waals surface area contributed by atoms with E-state index in [1.165, 1.54) is 25.7 Å². The Balaban J connectivity index is 1.91. The number of aromatic amines is 1. The van der Waals surface area contributed by atoms with Crippen LogP contribution < -0.4 is 9.46 Å². The number of aryl methyl sites for hydroxylation is 2. The SMILES string of the molecule is COc1ccc2c(-c3cc(C)c(C=O)cn3)nn(C)c2c1NS(=O)(=O)c1cn[nH]c1. The maximum absolute atomic E-state index is 12.8. The molecule has 0 aliphatic rings. The van der Waals surface area contributed by atoms with E-state index in [0.29, 0.717) is 33.6 Å². The van der Waals surface area contributed by atoms with Gasteiger partial charge in [-0.3, -0.25) is 24.3 Å². The summed E-state index contributed by atoms with van der Waals surface area (Å²) in [6, 6.07) is 5.22. The van der Waals surface area contributed by atoms with E-state index in [1.54, 1.807) is 29.9 Å². The van der Waals surface area contributed by atoms with Crippen molar-refractivity contribution in [3.63, 3.8) is 0 Å². The Bertz CT molecular complexity index is 1360. The van der Waals surface area contributed by atoms with E-state index >= 15 is 0 Å². The quantitative estimate of drug-likeness (QED) is 0.452. The summed E-state index contributed by atoms with van der Waals surface area (Å²) in [4.78, 5) is 15.4. The number of hydrogen-bond donors (Lipinski definition) is 2. The molecule has 1 aromatic carbocycles. The number of sulfonamides is 1. The van der Waals surface area contributed by atoms with E-state index in [4.69, 9.17) is 4.74 Å². The monoisotopic (exact) mass is 426 g/mol. The first-order chi connectivity index (χ1) is 14.4. The molecular formula is C19H18N6O4S. The first-order valence-electron chi connectivity index (χ1n) is 8.83. The summed E-state index contributed by atoms with van der Waals surface area (Å²) < 4.78 is 35.1. The van der Waals surface area contributed by atoms with Crippen LogP contribution in [0, 0.1) is 6.92 Å². The summed E-state index contributed by atoms with van der Waals surface area (Å²) in [6.45, 7) is 1.81. The van der Waals surface area contributed by atoms with Crippen molar-refractivity contribution < 1.29 is 17.9 Å². The Morgan fingerprint density at radius 3 is 2.70 bits per heavy atom. The predicted octanol–water partition coefficient (Wildman–Crippen LogP) is 2.29. The summed E-state index contributed by atoms with van der Waals surface area (Å²) in [5, 5.41) is 11.4. The number of benzene rings is 1. The number of anilines is 1. The largest absolute Gasteiger partial charge is 0.494 e. The van der Waals surface area contributed by atoms with Gasteiger partial charge in [0.2, 0.25) is 0 Å². The van der Waals surface area contributed by atoms with Gasteiger partial charge in [0.25, 0.3) is 10.0 Å². The Morgan fingerprint density at radius 1 is 1.27 bits per heavy atom. The Hall–Kier alpha value is -3.73. The molecule has 10 nitrogen and oxygen atoms in total. The van der Waals surface area contributed by atoms with Crippen molar-refractivity contribution in [1.82, 2.24) is 25.0 Å². The van der Waals surface area contributed by atoms with Crippen LogP contribution in [-0.4, -0.2) is 46.8 Å². The van der Waals surface area contributed by atoms with Crippen molar-refractivity contribution in [2.24, 2.45) is 7.05 Å². The summed E-state index contributed by atoms with van der Waals surface area (Å²) in [5.74, 6) is 0.338. The number of carbonyl (C=O) groups is 1. The maximum atomic E-state index is 12.8. The Morgan fingerprint density at radius 2 is 2.07 bits per heavy atom. The molecule has 0 bridgehead atoms. The lowest BCUT2D eigenvalue weighted by Gasteiger charge is -2.13. The van der Waals surface area contributed by atoms with Crippen molar-refractivity contribution in [3.05, 3.63) is 47.9 Å². The van der Waals surface area contributed by atoms with Gasteiger partial charge in [0, 0.05) is 30.4 Å². The highest BCUT2D eigenvalue weighted by Crippen LogP contribution is 2.38. The molecule has 0 saturated heterocycles. The second-order valence-corrected chi connectivity index (χ2v) is 8.28. The van der Waals surface area contributed by atoms with E-state index in [2.05, 4.69) is 25.0 Å². The zero-order valence-electron chi connectivity index (χ0n) is 16.4. The molecule has 0 fully saturated rings. The van der Waals surface area contributed by atoms with Crippen LogP contribution in [0.5, 0.6) is 5.75 Å². The highest BCUT2D eigenvalue weighted by atomic mass is 32.2. The number of methoxy groups -OCH3 is 1. The molecule has 0 radical (unpaired) electrons. The minimum Gasteiger partial charge on any atom is -0.494 e. The van der Waals surface area contributed by atoms with Crippen molar-refractivity contribution in [3.8, 4) is 17.1 Å². The predicted molar refractivity (Wildman–Crippen MR) is 110 cm³/mol. The van der Waals surface area contributed by atoms with Crippen LogP contribution >= 0.6 is 0 Å². The molecule has 0 atom stereocenters. The summed E-state index contributed by atoms with van der Waals surface area (Å²) >= 11 is 0. The van der Waals surface area contributed by atoms with E-state index < -0.39 is 10.0 Å². The number of H-pyrrole nitrogens is 1. The number of pyridine rings is 1. The molecule has 2 N–H and O–H groups in total. The molecule has 0 unspecified atom stereocenters. The van der Waals surface area contributed by atoms with E-state index in [1.807, 2.05) is 6.92 Å². The molecule has 0 amide bonds. The second-order valence-electron chi connectivity index (χ2n) is 6.59. The van der Waals surface area contributed by atoms with Gasteiger partial charge in [-0.05, 0) is 30.7 Å². The van der Waals surface area contributed by atoms with Crippen LogP contribution in [0.2, 0.25) is 0 Å². The molecule has 3 aromatic heterocycles. The number of carbonyl (C=O) groups excluding carboxylic acids is 1. The highest BCUT2D eigenvalue weighted by Gasteiger charge is 2.23. The molecule has 30 heavy (non-hydrogen) atoms. The molecule has 0 aliphatic carbocycles. The standard InChI is InChI=1S/C19H18N6O4S/c1-11-6-15(20-7-12(11)10-26)17-14-4-5-16(29-3)18(19(14)25(2)23-17)24-30(27,28)13-8-21-22-9-13/h4-10,24H,1-3H3,(H,21,22). The first-order valence-corrected chi connectivity index (χ1v) is 10.3. The van der Waals surface area contributed by atoms with Gasteiger partial charge in [-0.15, -0.1) is 0 Å². The van der Waals surface area contributed by atoms with Gasteiger partial charge in [0.05, 0.1) is 24.5 Å². The average Bonchev–Trinajstić information content (AvgIpc) is 3.37. The van der Waals surface area contributed by atoms with Crippen LogP contribution in [0.15, 0.2) is 41.7 Å². The molecule has 0 spiro atoms. The molecular weight excluding hydrogens is 408 g/mol. The van der Waals surface area contributed by atoms with Gasteiger partial charge in [-0.1, -0.05) is 0 Å². The molecule has 11 heteroatoms. The third-order valence-electron chi connectivity index (χ3n) is 4.73. The van der Waals surface area contributed by atoms with Crippen molar-refractivity contribution in [1.29, 1.82) is 0 Å². The lowest BCUT2D eigenvalue weighted by molar-refractivity contribution is 0.112. The molecule has 4 rings (SSSR count). The van der Waals surface area contributed by atoms with Crippen molar-refractivity contribution in [2.45, 2.75) is 11.8 Å². The zero-order chi connectivity index (χ0) is 21.5. The minimum absolute atomic E-state index is 0.00862. The summed E-state index contributed by atoms with van der Waals surface area (Å²) in [5.41, 5.74) is 3.16. The van der Waals surface area contributed by atoms with Gasteiger partial charge < -0.3 is 4.74 Å². The molecule has 0 saturated carbocycles. The maximum Gasteiger partial charge on any atom is 0.265 e. The first kappa shape index (κ1) is 19.6. The molecule has 154 valence electrons. The van der Waals surface area contributed by atoms with E-state index in [9.17, 15) is 13.2 Å². The Labute approximate surface area is 171 Å². The van der Waals surface area contributed by atoms with E-state index in [0.717, 1.165) is 11.8 Å². The topological polar surface area (TPSA) is 132 Å². The smallest absolute Gasteiger partial charge is 0.265 e. The number of ether oxygens (including phenoxy) is 1. The third-order valence-corrected chi connectivity index (χ3v) is 6.05. The minimum atomic E-state index is -3.90. The fourth-order valence-electron chi connectivity index (χ4n) is 3.21. The zero-order valence-corrected chi connectivity index (χ0v) is 17.2. The number of aromatic nitrogens is 5. The number of nitrogens with zero attached hydrogens (tertiary/aromatic N) is 4. The average molecular weight is 426 g/mol. The highest BCUT2D eigenvalue weighted by molar-refractivity contribution is 7.92. The van der Waals surface area contributed by atoms with Gasteiger partial charge in [-0.25, -0.2) is 8.42 Å². The number of hydrogen-bond acceptors (Lipinski definition) is 7. The normalized spacial score (nSPS) is 11.6. The number of rotatable bonds is 6. The van der Waals surface area contributed by atoms with Crippen molar-refractivity contribution in [2.75, 3.05) is 11.8 Å². The van der Waals surface area contributed by atoms with Crippen LogP contribution in [0.3, 0.4) is 0 Å². The van der Waals surface area contributed by atoms with Crippen LogP contribution in [0.25, 0.3) is 22.3 Å². The van der Waals surface area contributed by atoms with Crippen LogP contribution in [0.4, 0.5) is 5.69 Å². The fraction of sp³-hybridized carbons (Fsp3) is 0.158. The van der Waals surface area contributed by atoms with Gasteiger partial charge in [0.1, 0.15) is 22.0 Å². The number of aldehydes is 1. The van der Waals surface area contributed by atoms with Crippen LogP contribution in [-0.2, 0) is 17.1 Å². The van der Waals surface area contributed by atoms with Crippen LogP contribution in [0.1, 0.15) is 15.9 Å². The third kappa shape index (κ3) is 3.18. The van der Waals surface area contributed by atoms with Gasteiger partial charge in [0.15, 0.2) is 6.29 Å². The van der Waals surface area contributed by atoms with Crippen molar-refractivity contribution >= 4 is 32.9 Å². The Kier molecular flexibility index (Phi) is 4.74. The van der Waals surface area contributed by atoms with Gasteiger partial charge in [-0.2, -0.15) is 10.2 Å². The number of nitrogens with one attached hydrogen (secondary N) is 2. The number of fused-ring (bicyclic) bond motifs is 1. The van der Waals surface area contributed by atoms with Gasteiger partial charge >= 0.3 is 0 Å². The summed E-state index contributed by atoms with van der Waals surface area (Å²) in [6.07, 6.45) is 4.73. The lowest BCUT2D eigenvalue weighted by atomic mass is 10.1. The second kappa shape index (κ2) is 7.26. The molecule has 0 aliphatic heterocycles. The molecule has 3 heterocycles. The summed E-state index contributed by atoms with van der Waals surface area (Å²) in [7, 11) is -0.744. The van der Waals surface area contributed by atoms with E-state index in [-0.39, 0.29) is 10.6 Å². The lowest BCUT2D eigenvalue weighted by Crippen LogP contribution is -2.14.